The van der Waals surface area contributed by atoms with Gasteiger partial charge in [0, 0.05) is 5.92 Å². The number of carboxylic acids is 2. The first kappa shape index (κ1) is 17.5. The molecule has 0 aromatic rings. The Kier molecular flexibility index (Phi) is 9.71. The molecule has 1 saturated carbocycles. The van der Waals surface area contributed by atoms with Crippen molar-refractivity contribution in [2.45, 2.75) is 32.1 Å². The minimum absolute atomic E-state index is 0. The van der Waals surface area contributed by atoms with E-state index >= 15 is 0 Å². The van der Waals surface area contributed by atoms with E-state index in [-0.39, 0.29) is 43.6 Å². The summed E-state index contributed by atoms with van der Waals surface area (Å²) in [6.07, 6.45) is 4.19. The first-order valence-corrected chi connectivity index (χ1v) is 4.54. The van der Waals surface area contributed by atoms with Crippen LogP contribution in [0.3, 0.4) is 0 Å². The standard InChI is InChI=1S/C9H14O4.2Li/c10-8(11)7(9(12)13)6-4-2-1-3-5-6;;/h6-7H,1-5H2,(H,10,11)(H,12,13);;/q;2*+1/p-2. The quantitative estimate of drug-likeness (QED) is 0.333. The number of hydrogen-bond acceptors (Lipinski definition) is 4. The number of carbonyl (C=O) groups excluding carboxylic acids is 2. The summed E-state index contributed by atoms with van der Waals surface area (Å²) in [6, 6.07) is 0. The second-order valence-corrected chi connectivity index (χ2v) is 3.51. The molecule has 1 aliphatic rings. The van der Waals surface area contributed by atoms with Crippen LogP contribution < -0.4 is 47.9 Å². The molecule has 1 aliphatic carbocycles. The average molecular weight is 198 g/mol. The monoisotopic (exact) mass is 198 g/mol. The molecular weight excluding hydrogens is 186 g/mol. The van der Waals surface area contributed by atoms with Gasteiger partial charge in [-0.05, 0) is 18.8 Å². The first-order chi connectivity index (χ1) is 6.13. The van der Waals surface area contributed by atoms with Crippen molar-refractivity contribution in [3.8, 4) is 0 Å². The molecule has 0 radical (unpaired) electrons. The van der Waals surface area contributed by atoms with Gasteiger partial charge in [0.05, 0.1) is 11.9 Å². The molecule has 0 N–H and O–H groups in total. The molecule has 74 valence electrons. The maximum atomic E-state index is 10.5. The van der Waals surface area contributed by atoms with Crippen LogP contribution in [0.5, 0.6) is 0 Å². The van der Waals surface area contributed by atoms with Crippen LogP contribution in [-0.4, -0.2) is 11.9 Å². The molecule has 0 atom stereocenters. The smallest absolute Gasteiger partial charge is 0.549 e. The molecule has 4 nitrogen and oxygen atoms in total. The van der Waals surface area contributed by atoms with E-state index in [1.807, 2.05) is 0 Å². The van der Waals surface area contributed by atoms with E-state index in [0.717, 1.165) is 19.3 Å². The largest absolute Gasteiger partial charge is 1.00 e. The zero-order valence-corrected chi connectivity index (χ0v) is 9.32. The Hall–Kier alpha value is 0.135. The Morgan fingerprint density at radius 1 is 0.933 bits per heavy atom. The van der Waals surface area contributed by atoms with Crippen LogP contribution in [0.4, 0.5) is 0 Å². The zero-order chi connectivity index (χ0) is 9.84. The Labute approximate surface area is 113 Å². The molecule has 0 aliphatic heterocycles. The normalized spacial score (nSPS) is 16.3. The summed E-state index contributed by atoms with van der Waals surface area (Å²) < 4.78 is 0. The second kappa shape index (κ2) is 8.31. The minimum Gasteiger partial charge on any atom is -0.549 e. The fourth-order valence-corrected chi connectivity index (χ4v) is 1.95. The number of aliphatic carboxylic acids is 2. The third-order valence-corrected chi connectivity index (χ3v) is 2.63. The van der Waals surface area contributed by atoms with Crippen molar-refractivity contribution in [3.05, 3.63) is 0 Å². The summed E-state index contributed by atoms with van der Waals surface area (Å²) >= 11 is 0. The van der Waals surface area contributed by atoms with Gasteiger partial charge in [0.2, 0.25) is 0 Å². The maximum Gasteiger partial charge on any atom is 1.00 e. The molecule has 0 aromatic carbocycles. The van der Waals surface area contributed by atoms with Gasteiger partial charge in [0.25, 0.3) is 0 Å². The number of hydrogen-bond donors (Lipinski definition) is 0. The topological polar surface area (TPSA) is 80.3 Å². The SMILES string of the molecule is O=C([O-])C(C(=O)[O-])C1CCCCC1.[Li+].[Li+]. The summed E-state index contributed by atoms with van der Waals surface area (Å²) in [5.74, 6) is -4.72. The van der Waals surface area contributed by atoms with E-state index in [9.17, 15) is 19.8 Å². The van der Waals surface area contributed by atoms with Crippen LogP contribution in [0.2, 0.25) is 0 Å². The van der Waals surface area contributed by atoms with Gasteiger partial charge < -0.3 is 19.8 Å². The Balaban J connectivity index is 0. The van der Waals surface area contributed by atoms with Crippen LogP contribution in [0, 0.1) is 11.8 Å². The molecule has 6 heteroatoms. The van der Waals surface area contributed by atoms with Gasteiger partial charge in [0.1, 0.15) is 0 Å². The third-order valence-electron chi connectivity index (χ3n) is 2.63. The number of carboxylic acid groups (broad SMARTS) is 2. The van der Waals surface area contributed by atoms with E-state index in [4.69, 9.17) is 0 Å². The predicted octanol–water partition coefficient (Wildman–Crippen LogP) is -7.31. The second-order valence-electron chi connectivity index (χ2n) is 3.51. The predicted molar refractivity (Wildman–Crippen MR) is 40.1 cm³/mol. The number of rotatable bonds is 3. The van der Waals surface area contributed by atoms with Crippen molar-refractivity contribution in [2.75, 3.05) is 0 Å². The van der Waals surface area contributed by atoms with Crippen molar-refractivity contribution in [2.24, 2.45) is 11.8 Å². The fourth-order valence-electron chi connectivity index (χ4n) is 1.95. The van der Waals surface area contributed by atoms with Gasteiger partial charge >= 0.3 is 37.7 Å². The van der Waals surface area contributed by atoms with Crippen LogP contribution in [0.15, 0.2) is 0 Å². The van der Waals surface area contributed by atoms with E-state index in [0.29, 0.717) is 12.8 Å². The first-order valence-electron chi connectivity index (χ1n) is 4.54. The van der Waals surface area contributed by atoms with Gasteiger partial charge in [-0.1, -0.05) is 19.3 Å². The van der Waals surface area contributed by atoms with Crippen molar-refractivity contribution in [1.29, 1.82) is 0 Å². The zero-order valence-electron chi connectivity index (χ0n) is 9.32. The summed E-state index contributed by atoms with van der Waals surface area (Å²) in [6.45, 7) is 0. The molecule has 0 heterocycles. The van der Waals surface area contributed by atoms with Gasteiger partial charge in [-0.25, -0.2) is 0 Å². The van der Waals surface area contributed by atoms with Gasteiger partial charge in [-0.15, -0.1) is 0 Å². The third kappa shape index (κ3) is 5.13. The van der Waals surface area contributed by atoms with Crippen LogP contribution in [0.25, 0.3) is 0 Å². The maximum absolute atomic E-state index is 10.5. The van der Waals surface area contributed by atoms with Gasteiger partial charge in [-0.3, -0.25) is 0 Å². The molecular formula is C9H12Li2O4. The summed E-state index contributed by atoms with van der Waals surface area (Å²) in [4.78, 5) is 21.0. The van der Waals surface area contributed by atoms with E-state index < -0.39 is 17.9 Å². The molecule has 15 heavy (non-hydrogen) atoms. The summed E-state index contributed by atoms with van der Waals surface area (Å²) in [5.41, 5.74) is 0. The van der Waals surface area contributed by atoms with Gasteiger partial charge in [0.15, 0.2) is 0 Å². The van der Waals surface area contributed by atoms with Gasteiger partial charge in [-0.2, -0.15) is 0 Å². The molecule has 0 amide bonds. The Morgan fingerprint density at radius 2 is 1.33 bits per heavy atom. The van der Waals surface area contributed by atoms with Crippen molar-refractivity contribution < 1.29 is 57.5 Å². The fraction of sp³-hybridized carbons (Fsp3) is 0.778. The van der Waals surface area contributed by atoms with E-state index in [1.54, 1.807) is 0 Å². The van der Waals surface area contributed by atoms with Crippen LogP contribution >= 0.6 is 0 Å². The summed E-state index contributed by atoms with van der Waals surface area (Å²) in [5, 5.41) is 21.0. The van der Waals surface area contributed by atoms with Crippen molar-refractivity contribution in [1.82, 2.24) is 0 Å². The van der Waals surface area contributed by atoms with Crippen molar-refractivity contribution in [3.63, 3.8) is 0 Å². The molecule has 0 unspecified atom stereocenters. The van der Waals surface area contributed by atoms with E-state index in [2.05, 4.69) is 0 Å². The molecule has 0 saturated heterocycles. The summed E-state index contributed by atoms with van der Waals surface area (Å²) in [7, 11) is 0. The minimum atomic E-state index is -1.51. The molecule has 1 rings (SSSR count). The van der Waals surface area contributed by atoms with Crippen LogP contribution in [0.1, 0.15) is 32.1 Å². The molecule has 0 spiro atoms. The molecule has 1 fully saturated rings. The molecule has 0 bridgehead atoms. The Morgan fingerprint density at radius 3 is 1.67 bits per heavy atom. The van der Waals surface area contributed by atoms with Crippen molar-refractivity contribution >= 4 is 11.9 Å². The Bertz CT molecular complexity index is 200. The average Bonchev–Trinajstić information content (AvgIpc) is 2.04. The number of carbonyl (C=O) groups is 2. The van der Waals surface area contributed by atoms with Crippen LogP contribution in [-0.2, 0) is 9.59 Å². The molecule has 0 aromatic heterocycles. The van der Waals surface area contributed by atoms with E-state index in [1.165, 1.54) is 0 Å².